The predicted molar refractivity (Wildman–Crippen MR) is 66.7 cm³/mol. The number of hydrogen-bond acceptors (Lipinski definition) is 4. The van der Waals surface area contributed by atoms with Crippen LogP contribution in [0.2, 0.25) is 0 Å². The van der Waals surface area contributed by atoms with Crippen molar-refractivity contribution < 1.29 is 4.52 Å². The van der Waals surface area contributed by atoms with Gasteiger partial charge in [-0.2, -0.15) is 4.98 Å². The molecule has 0 amide bonds. The van der Waals surface area contributed by atoms with Crippen molar-refractivity contribution in [2.75, 3.05) is 0 Å². The number of rotatable bonds is 2. The molecule has 0 spiro atoms. The summed E-state index contributed by atoms with van der Waals surface area (Å²) in [5.74, 6) is 5.62. The third-order valence-electron chi connectivity index (χ3n) is 5.38. The number of nitrogens with zero attached hydrogens (tertiary/aromatic N) is 2. The standard InChI is InChI=1S/C14H21N3O/c1-7(15)13-16-14(18-17-13)12-10-3-8-2-9(5-10)6-11(12)4-8/h7-12H,2-6,15H2,1H3. The summed E-state index contributed by atoms with van der Waals surface area (Å²) in [6.45, 7) is 1.91. The highest BCUT2D eigenvalue weighted by atomic mass is 16.5. The molecule has 0 saturated heterocycles. The first-order valence-electron chi connectivity index (χ1n) is 7.29. The van der Waals surface area contributed by atoms with Crippen LogP contribution in [-0.4, -0.2) is 10.1 Å². The maximum absolute atomic E-state index is 5.82. The van der Waals surface area contributed by atoms with Gasteiger partial charge in [-0.15, -0.1) is 0 Å². The molecule has 98 valence electrons. The smallest absolute Gasteiger partial charge is 0.230 e. The summed E-state index contributed by atoms with van der Waals surface area (Å²) in [7, 11) is 0. The van der Waals surface area contributed by atoms with Crippen molar-refractivity contribution in [1.82, 2.24) is 10.1 Å². The average molecular weight is 247 g/mol. The van der Waals surface area contributed by atoms with Gasteiger partial charge in [0.15, 0.2) is 5.82 Å². The van der Waals surface area contributed by atoms with Crippen molar-refractivity contribution in [2.24, 2.45) is 29.4 Å². The quantitative estimate of drug-likeness (QED) is 0.872. The zero-order chi connectivity index (χ0) is 12.3. The molecule has 1 unspecified atom stereocenters. The Kier molecular flexibility index (Phi) is 2.31. The van der Waals surface area contributed by atoms with Gasteiger partial charge in [0, 0.05) is 5.92 Å². The van der Waals surface area contributed by atoms with Gasteiger partial charge in [0.1, 0.15) is 0 Å². The zero-order valence-corrected chi connectivity index (χ0v) is 10.9. The average Bonchev–Trinajstić information content (AvgIpc) is 2.77. The van der Waals surface area contributed by atoms with Crippen molar-refractivity contribution in [2.45, 2.75) is 51.0 Å². The summed E-state index contributed by atoms with van der Waals surface area (Å²) >= 11 is 0. The van der Waals surface area contributed by atoms with Crippen molar-refractivity contribution in [3.05, 3.63) is 11.7 Å². The van der Waals surface area contributed by atoms with Gasteiger partial charge < -0.3 is 10.3 Å². The highest BCUT2D eigenvalue weighted by molar-refractivity contribution is 5.09. The molecule has 1 aromatic heterocycles. The Labute approximate surface area is 107 Å². The molecule has 2 N–H and O–H groups in total. The SMILES string of the molecule is CC(N)c1noc(C2C3CC4CC(C3)CC2C4)n1. The molecule has 1 heterocycles. The van der Waals surface area contributed by atoms with Crippen molar-refractivity contribution in [3.63, 3.8) is 0 Å². The fourth-order valence-electron chi connectivity index (χ4n) is 4.90. The third kappa shape index (κ3) is 1.54. The van der Waals surface area contributed by atoms with Crippen LogP contribution in [-0.2, 0) is 0 Å². The third-order valence-corrected chi connectivity index (χ3v) is 5.38. The number of aromatic nitrogens is 2. The molecular weight excluding hydrogens is 226 g/mol. The minimum Gasteiger partial charge on any atom is -0.339 e. The fourth-order valence-corrected chi connectivity index (χ4v) is 4.90. The maximum atomic E-state index is 5.82. The van der Waals surface area contributed by atoms with E-state index >= 15 is 0 Å². The lowest BCUT2D eigenvalue weighted by atomic mass is 9.52. The second-order valence-electron chi connectivity index (χ2n) is 6.74. The molecule has 4 aliphatic carbocycles. The highest BCUT2D eigenvalue weighted by Gasteiger charge is 2.50. The Morgan fingerprint density at radius 2 is 1.72 bits per heavy atom. The second-order valence-corrected chi connectivity index (χ2v) is 6.74. The minimum absolute atomic E-state index is 0.126. The lowest BCUT2D eigenvalue weighted by Crippen LogP contribution is -2.43. The van der Waals surface area contributed by atoms with Crippen LogP contribution < -0.4 is 5.73 Å². The van der Waals surface area contributed by atoms with E-state index in [2.05, 4.69) is 10.1 Å². The van der Waals surface area contributed by atoms with Gasteiger partial charge in [-0.05, 0) is 62.7 Å². The predicted octanol–water partition coefficient (Wildman–Crippen LogP) is 2.63. The van der Waals surface area contributed by atoms with E-state index in [-0.39, 0.29) is 6.04 Å². The lowest BCUT2D eigenvalue weighted by Gasteiger charge is -2.53. The van der Waals surface area contributed by atoms with Crippen LogP contribution in [0.4, 0.5) is 0 Å². The maximum Gasteiger partial charge on any atom is 0.230 e. The van der Waals surface area contributed by atoms with Crippen LogP contribution >= 0.6 is 0 Å². The first-order chi connectivity index (χ1) is 8.70. The Balaban J connectivity index is 1.64. The summed E-state index contributed by atoms with van der Waals surface area (Å²) in [6.07, 6.45) is 7.01. The van der Waals surface area contributed by atoms with Crippen molar-refractivity contribution in [1.29, 1.82) is 0 Å². The molecule has 0 aromatic carbocycles. The van der Waals surface area contributed by atoms with E-state index in [4.69, 9.17) is 10.3 Å². The molecule has 1 atom stereocenters. The number of nitrogens with two attached hydrogens (primary N) is 1. The molecule has 4 saturated carbocycles. The Hall–Kier alpha value is -0.900. The molecule has 18 heavy (non-hydrogen) atoms. The molecule has 0 aliphatic heterocycles. The molecule has 1 aromatic rings. The molecule has 4 fully saturated rings. The van der Waals surface area contributed by atoms with Crippen LogP contribution in [0, 0.1) is 23.7 Å². The van der Waals surface area contributed by atoms with Gasteiger partial charge in [-0.25, -0.2) is 0 Å². The monoisotopic (exact) mass is 247 g/mol. The van der Waals surface area contributed by atoms with Gasteiger partial charge in [0.05, 0.1) is 6.04 Å². The van der Waals surface area contributed by atoms with Crippen LogP contribution in [0.1, 0.15) is 62.7 Å². The van der Waals surface area contributed by atoms with Crippen LogP contribution in [0.5, 0.6) is 0 Å². The van der Waals surface area contributed by atoms with E-state index in [1.165, 1.54) is 32.1 Å². The topological polar surface area (TPSA) is 64.9 Å². The first kappa shape index (κ1) is 11.0. The number of hydrogen-bond donors (Lipinski definition) is 1. The van der Waals surface area contributed by atoms with E-state index in [0.29, 0.717) is 11.7 Å². The Morgan fingerprint density at radius 3 is 2.22 bits per heavy atom. The molecule has 0 radical (unpaired) electrons. The van der Waals surface area contributed by atoms with E-state index in [0.717, 1.165) is 29.6 Å². The zero-order valence-electron chi connectivity index (χ0n) is 10.9. The summed E-state index contributed by atoms with van der Waals surface area (Å²) in [6, 6.07) is -0.126. The van der Waals surface area contributed by atoms with Gasteiger partial charge in [-0.3, -0.25) is 0 Å². The molecule has 4 bridgehead atoms. The summed E-state index contributed by atoms with van der Waals surface area (Å²) in [4.78, 5) is 4.55. The first-order valence-corrected chi connectivity index (χ1v) is 7.29. The van der Waals surface area contributed by atoms with Crippen LogP contribution in [0.15, 0.2) is 4.52 Å². The Bertz CT molecular complexity index is 426. The normalized spacial score (nSPS) is 43.3. The fraction of sp³-hybridized carbons (Fsp3) is 0.857. The largest absolute Gasteiger partial charge is 0.339 e. The van der Waals surface area contributed by atoms with E-state index < -0.39 is 0 Å². The van der Waals surface area contributed by atoms with E-state index in [1.54, 1.807) is 0 Å². The lowest BCUT2D eigenvalue weighted by molar-refractivity contribution is -0.0131. The van der Waals surface area contributed by atoms with Gasteiger partial charge >= 0.3 is 0 Å². The Morgan fingerprint density at radius 1 is 1.11 bits per heavy atom. The minimum atomic E-state index is -0.126. The summed E-state index contributed by atoms with van der Waals surface area (Å²) < 4.78 is 5.51. The van der Waals surface area contributed by atoms with Gasteiger partial charge in [0.2, 0.25) is 5.89 Å². The van der Waals surface area contributed by atoms with Gasteiger partial charge in [-0.1, -0.05) is 5.16 Å². The molecule has 4 heteroatoms. The van der Waals surface area contributed by atoms with Crippen LogP contribution in [0.25, 0.3) is 0 Å². The van der Waals surface area contributed by atoms with Crippen molar-refractivity contribution in [3.8, 4) is 0 Å². The van der Waals surface area contributed by atoms with Crippen molar-refractivity contribution >= 4 is 0 Å². The molecule has 4 nitrogen and oxygen atoms in total. The van der Waals surface area contributed by atoms with Gasteiger partial charge in [0.25, 0.3) is 0 Å². The van der Waals surface area contributed by atoms with E-state index in [1.807, 2.05) is 6.92 Å². The van der Waals surface area contributed by atoms with Crippen LogP contribution in [0.3, 0.4) is 0 Å². The molecule has 5 rings (SSSR count). The summed E-state index contributed by atoms with van der Waals surface area (Å²) in [5, 5.41) is 4.04. The molecular formula is C14H21N3O. The molecule has 4 aliphatic rings. The highest BCUT2D eigenvalue weighted by Crippen LogP contribution is 2.59. The second kappa shape index (κ2) is 3.80. The van der Waals surface area contributed by atoms with E-state index in [9.17, 15) is 0 Å². The summed E-state index contributed by atoms with van der Waals surface area (Å²) in [5.41, 5.74) is 5.82.